The van der Waals surface area contributed by atoms with Crippen molar-refractivity contribution in [2.24, 2.45) is 0 Å². The first-order chi connectivity index (χ1) is 16.0. The first kappa shape index (κ1) is 26.8. The molecule has 1 aliphatic rings. The largest absolute Gasteiger partial charge is 0.497 e. The molecule has 1 aromatic rings. The highest BCUT2D eigenvalue weighted by Gasteiger charge is 2.47. The Morgan fingerprint density at radius 1 is 1.24 bits per heavy atom. The second-order valence-corrected chi connectivity index (χ2v) is 7.80. The molecule has 0 radical (unpaired) electrons. The van der Waals surface area contributed by atoms with Crippen molar-refractivity contribution in [1.82, 2.24) is 0 Å². The number of hydrogen-bond donors (Lipinski definition) is 0. The fourth-order valence-electron chi connectivity index (χ4n) is 3.57. The van der Waals surface area contributed by atoms with E-state index in [4.69, 9.17) is 28.4 Å². The van der Waals surface area contributed by atoms with Crippen LogP contribution in [0, 0.1) is 0 Å². The van der Waals surface area contributed by atoms with E-state index in [-0.39, 0.29) is 18.8 Å². The molecule has 2 rings (SSSR count). The fraction of sp³-hybridized carbons (Fsp3) is 0.500. The monoisotopic (exact) mass is 460 g/mol. The molecular formula is C26H36O7. The topological polar surface area (TPSA) is 72.5 Å². The van der Waals surface area contributed by atoms with Gasteiger partial charge in [-0.05, 0) is 37.5 Å². The third kappa shape index (κ3) is 7.82. The first-order valence-electron chi connectivity index (χ1n) is 11.1. The van der Waals surface area contributed by atoms with Gasteiger partial charge in [0.2, 0.25) is 0 Å². The normalized spacial score (nSPS) is 21.2. The molecule has 1 aliphatic heterocycles. The maximum absolute atomic E-state index is 13.0. The van der Waals surface area contributed by atoms with E-state index >= 15 is 0 Å². The number of carbonyl (C=O) groups excluding carboxylic acids is 1. The highest BCUT2D eigenvalue weighted by Crippen LogP contribution is 2.30. The lowest BCUT2D eigenvalue weighted by Crippen LogP contribution is -2.54. The van der Waals surface area contributed by atoms with Crippen LogP contribution >= 0.6 is 0 Å². The number of carbonyl (C=O) groups is 1. The maximum Gasteiger partial charge on any atom is 0.340 e. The van der Waals surface area contributed by atoms with Gasteiger partial charge in [-0.25, -0.2) is 4.79 Å². The van der Waals surface area contributed by atoms with Gasteiger partial charge in [0.05, 0.1) is 40.1 Å². The number of hydrogen-bond acceptors (Lipinski definition) is 7. The summed E-state index contributed by atoms with van der Waals surface area (Å²) in [5.41, 5.74) is -0.489. The van der Waals surface area contributed by atoms with E-state index in [0.29, 0.717) is 19.8 Å². The summed E-state index contributed by atoms with van der Waals surface area (Å²) in [5, 5.41) is 0. The zero-order valence-electron chi connectivity index (χ0n) is 19.9. The molecule has 1 fully saturated rings. The summed E-state index contributed by atoms with van der Waals surface area (Å²) in [6.07, 6.45) is 7.11. The Kier molecular flexibility index (Phi) is 11.3. The molecule has 0 unspecified atom stereocenters. The number of esters is 1. The standard InChI is InChI=1S/C26H36O7/c1-6-16-30-17-9-11-24(32-19-20-12-14-21(28-4)15-13-20)26(3,25(27)29-5)33-23-10-8-18-31-22(23)7-2/h6-7,9,11-15,22-24H,1-2,8,10,16-19H2,3-5H3/b11-9+/t22-,23+,24-,26+/m1/s1. The number of rotatable bonds is 14. The molecule has 4 atom stereocenters. The van der Waals surface area contributed by atoms with Crippen molar-refractivity contribution in [3.05, 3.63) is 67.3 Å². The fourth-order valence-corrected chi connectivity index (χ4v) is 3.57. The maximum atomic E-state index is 13.0. The molecule has 0 amide bonds. The number of ether oxygens (including phenoxy) is 6. The molecule has 0 spiro atoms. The van der Waals surface area contributed by atoms with Gasteiger partial charge in [0, 0.05) is 6.61 Å². The molecule has 33 heavy (non-hydrogen) atoms. The Labute approximate surface area is 196 Å². The zero-order chi connectivity index (χ0) is 24.1. The van der Waals surface area contributed by atoms with Crippen molar-refractivity contribution in [2.75, 3.05) is 34.0 Å². The Morgan fingerprint density at radius 3 is 2.64 bits per heavy atom. The second kappa shape index (κ2) is 14.0. The molecule has 0 bridgehead atoms. The second-order valence-electron chi connectivity index (χ2n) is 7.80. The van der Waals surface area contributed by atoms with E-state index in [2.05, 4.69) is 13.2 Å². The van der Waals surface area contributed by atoms with Crippen LogP contribution in [0.2, 0.25) is 0 Å². The molecule has 1 saturated heterocycles. The minimum Gasteiger partial charge on any atom is -0.497 e. The van der Waals surface area contributed by atoms with E-state index in [1.807, 2.05) is 24.3 Å². The SMILES string of the molecule is C=CCOC/C=C/[C@@H](OCc1ccc(OC)cc1)[C@](C)(O[C@H]1CCCO[C@@H]1C=C)C(=O)OC. The number of methoxy groups -OCH3 is 2. The summed E-state index contributed by atoms with van der Waals surface area (Å²) in [7, 11) is 2.95. The molecule has 0 aliphatic carbocycles. The minimum atomic E-state index is -1.41. The van der Waals surface area contributed by atoms with Crippen LogP contribution in [0.3, 0.4) is 0 Å². The van der Waals surface area contributed by atoms with Gasteiger partial charge in [0.15, 0.2) is 5.60 Å². The Balaban J connectivity index is 2.26. The summed E-state index contributed by atoms with van der Waals surface area (Å²) in [6, 6.07) is 7.53. The third-order valence-electron chi connectivity index (χ3n) is 5.42. The summed E-state index contributed by atoms with van der Waals surface area (Å²) >= 11 is 0. The van der Waals surface area contributed by atoms with Crippen molar-refractivity contribution >= 4 is 5.97 Å². The quantitative estimate of drug-likeness (QED) is 0.236. The van der Waals surface area contributed by atoms with Crippen molar-refractivity contribution in [3.63, 3.8) is 0 Å². The molecule has 0 N–H and O–H groups in total. The van der Waals surface area contributed by atoms with Crippen molar-refractivity contribution in [3.8, 4) is 5.75 Å². The van der Waals surface area contributed by atoms with Crippen LogP contribution in [0.5, 0.6) is 5.75 Å². The van der Waals surface area contributed by atoms with Gasteiger partial charge >= 0.3 is 5.97 Å². The predicted octanol–water partition coefficient (Wildman–Crippen LogP) is 4.02. The van der Waals surface area contributed by atoms with Gasteiger partial charge in [0.1, 0.15) is 18.0 Å². The molecular weight excluding hydrogens is 424 g/mol. The van der Waals surface area contributed by atoms with Gasteiger partial charge in [-0.3, -0.25) is 0 Å². The molecule has 1 aromatic carbocycles. The van der Waals surface area contributed by atoms with Crippen LogP contribution in [0.1, 0.15) is 25.3 Å². The molecule has 0 aromatic heterocycles. The summed E-state index contributed by atoms with van der Waals surface area (Å²) in [6.45, 7) is 10.8. The summed E-state index contributed by atoms with van der Waals surface area (Å²) in [4.78, 5) is 13.0. The Bertz CT molecular complexity index is 773. The van der Waals surface area contributed by atoms with E-state index in [1.165, 1.54) is 7.11 Å². The smallest absolute Gasteiger partial charge is 0.340 e. The number of benzene rings is 1. The average molecular weight is 461 g/mol. The molecule has 7 nitrogen and oxygen atoms in total. The lowest BCUT2D eigenvalue weighted by Gasteiger charge is -2.39. The van der Waals surface area contributed by atoms with E-state index < -0.39 is 17.7 Å². The van der Waals surface area contributed by atoms with Gasteiger partial charge in [0.25, 0.3) is 0 Å². The van der Waals surface area contributed by atoms with E-state index in [9.17, 15) is 4.79 Å². The Morgan fingerprint density at radius 2 is 2.00 bits per heavy atom. The molecule has 182 valence electrons. The van der Waals surface area contributed by atoms with Crippen LogP contribution < -0.4 is 4.74 Å². The molecule has 1 heterocycles. The van der Waals surface area contributed by atoms with Crippen molar-refractivity contribution < 1.29 is 33.2 Å². The molecule has 0 saturated carbocycles. The highest BCUT2D eigenvalue weighted by molar-refractivity contribution is 5.80. The van der Waals surface area contributed by atoms with Crippen LogP contribution in [0.15, 0.2) is 61.7 Å². The molecule has 7 heteroatoms. The zero-order valence-corrected chi connectivity index (χ0v) is 19.9. The van der Waals surface area contributed by atoms with Crippen LogP contribution in [0.4, 0.5) is 0 Å². The summed E-state index contributed by atoms with van der Waals surface area (Å²) in [5.74, 6) is 0.220. The van der Waals surface area contributed by atoms with Gasteiger partial charge in [-0.2, -0.15) is 0 Å². The van der Waals surface area contributed by atoms with Crippen LogP contribution in [-0.2, 0) is 35.1 Å². The van der Waals surface area contributed by atoms with E-state index in [1.54, 1.807) is 38.3 Å². The Hall–Kier alpha value is -2.45. The predicted molar refractivity (Wildman–Crippen MR) is 126 cm³/mol. The highest BCUT2D eigenvalue weighted by atomic mass is 16.6. The third-order valence-corrected chi connectivity index (χ3v) is 5.42. The van der Waals surface area contributed by atoms with Gasteiger partial charge < -0.3 is 28.4 Å². The first-order valence-corrected chi connectivity index (χ1v) is 11.1. The van der Waals surface area contributed by atoms with Crippen LogP contribution in [0.25, 0.3) is 0 Å². The van der Waals surface area contributed by atoms with Crippen molar-refractivity contribution in [2.45, 2.75) is 50.3 Å². The van der Waals surface area contributed by atoms with Gasteiger partial charge in [-0.1, -0.05) is 36.4 Å². The summed E-state index contributed by atoms with van der Waals surface area (Å²) < 4.78 is 34.1. The lowest BCUT2D eigenvalue weighted by atomic mass is 9.95. The van der Waals surface area contributed by atoms with Crippen molar-refractivity contribution in [1.29, 1.82) is 0 Å². The van der Waals surface area contributed by atoms with Gasteiger partial charge in [-0.15, -0.1) is 13.2 Å². The van der Waals surface area contributed by atoms with Crippen LogP contribution in [-0.4, -0.2) is 63.9 Å². The van der Waals surface area contributed by atoms with E-state index in [0.717, 1.165) is 24.2 Å². The lowest BCUT2D eigenvalue weighted by molar-refractivity contribution is -0.211. The minimum absolute atomic E-state index is 0.258. The average Bonchev–Trinajstić information content (AvgIpc) is 2.85.